The highest BCUT2D eigenvalue weighted by molar-refractivity contribution is 9.10. The number of hydrogen-bond acceptors (Lipinski definition) is 4. The van der Waals surface area contributed by atoms with Crippen LogP contribution in [0.25, 0.3) is 0 Å². The molecule has 1 aliphatic rings. The summed E-state index contributed by atoms with van der Waals surface area (Å²) in [4.78, 5) is 11.0. The molecule has 0 fully saturated rings. The highest BCUT2D eigenvalue weighted by Crippen LogP contribution is 2.30. The fourth-order valence-corrected chi connectivity index (χ4v) is 3.29. The summed E-state index contributed by atoms with van der Waals surface area (Å²) in [6, 6.07) is 8.70. The minimum atomic E-state index is 0.830. The average molecular weight is 333 g/mol. The summed E-state index contributed by atoms with van der Waals surface area (Å²) in [6.45, 7) is 1.96. The average Bonchev–Trinajstić information content (AvgIpc) is 2.70. The Morgan fingerprint density at radius 2 is 1.75 bits per heavy atom. The van der Waals surface area contributed by atoms with E-state index in [2.05, 4.69) is 60.4 Å². The molecule has 2 heterocycles. The molecule has 0 aliphatic carbocycles. The summed E-state index contributed by atoms with van der Waals surface area (Å²) < 4.78 is 0.938. The zero-order valence-electron chi connectivity index (χ0n) is 11.4. The predicted octanol–water partition coefficient (Wildman–Crippen LogP) is 2.89. The van der Waals surface area contributed by atoms with Crippen LogP contribution in [-0.4, -0.2) is 30.1 Å². The van der Waals surface area contributed by atoms with Crippen LogP contribution < -0.4 is 10.2 Å². The molecule has 2 aromatic rings. The van der Waals surface area contributed by atoms with Gasteiger partial charge < -0.3 is 10.2 Å². The van der Waals surface area contributed by atoms with Gasteiger partial charge in [0.15, 0.2) is 0 Å². The van der Waals surface area contributed by atoms with E-state index in [0.717, 1.165) is 42.0 Å². The molecule has 0 saturated heterocycles. The molecule has 0 amide bonds. The SMILES string of the molecule is CNc1ncnc(N2CCc3ccccc3CC2)c1Br. The van der Waals surface area contributed by atoms with Crippen molar-refractivity contribution in [2.75, 3.05) is 30.4 Å². The van der Waals surface area contributed by atoms with E-state index in [1.807, 2.05) is 7.05 Å². The third-order valence-corrected chi connectivity index (χ3v) is 4.46. The van der Waals surface area contributed by atoms with Gasteiger partial charge in [0, 0.05) is 20.1 Å². The first-order valence-corrected chi connectivity index (χ1v) is 7.59. The Kier molecular flexibility index (Phi) is 3.87. The first kappa shape index (κ1) is 13.4. The fourth-order valence-electron chi connectivity index (χ4n) is 2.64. The van der Waals surface area contributed by atoms with E-state index >= 15 is 0 Å². The first-order valence-electron chi connectivity index (χ1n) is 6.79. The molecule has 1 aromatic heterocycles. The number of rotatable bonds is 2. The standard InChI is InChI=1S/C15H17BrN4/c1-17-14-13(16)15(19-10-18-14)20-8-6-11-4-2-3-5-12(11)7-9-20/h2-5,10H,6-9H2,1H3,(H,17,18,19). The van der Waals surface area contributed by atoms with Gasteiger partial charge in [-0.05, 0) is 39.9 Å². The number of nitrogens with one attached hydrogen (secondary N) is 1. The van der Waals surface area contributed by atoms with E-state index in [-0.39, 0.29) is 0 Å². The first-order chi connectivity index (χ1) is 9.79. The van der Waals surface area contributed by atoms with E-state index in [9.17, 15) is 0 Å². The normalized spacial score (nSPS) is 14.6. The highest BCUT2D eigenvalue weighted by Gasteiger charge is 2.18. The van der Waals surface area contributed by atoms with Gasteiger partial charge in [0.1, 0.15) is 22.4 Å². The van der Waals surface area contributed by atoms with E-state index < -0.39 is 0 Å². The van der Waals surface area contributed by atoms with Crippen molar-refractivity contribution in [3.63, 3.8) is 0 Å². The molecule has 5 heteroatoms. The molecule has 0 spiro atoms. The number of aromatic nitrogens is 2. The molecular formula is C15H17BrN4. The maximum atomic E-state index is 4.44. The van der Waals surface area contributed by atoms with E-state index in [1.54, 1.807) is 6.33 Å². The number of anilines is 2. The highest BCUT2D eigenvalue weighted by atomic mass is 79.9. The van der Waals surface area contributed by atoms with E-state index in [1.165, 1.54) is 11.1 Å². The van der Waals surface area contributed by atoms with Crippen molar-refractivity contribution >= 4 is 27.6 Å². The molecule has 0 atom stereocenters. The Morgan fingerprint density at radius 1 is 1.10 bits per heavy atom. The molecule has 0 radical (unpaired) electrons. The van der Waals surface area contributed by atoms with Crippen LogP contribution in [0.3, 0.4) is 0 Å². The van der Waals surface area contributed by atoms with Crippen LogP contribution in [0.15, 0.2) is 35.1 Å². The van der Waals surface area contributed by atoms with Crippen molar-refractivity contribution in [1.82, 2.24) is 9.97 Å². The smallest absolute Gasteiger partial charge is 0.148 e. The lowest BCUT2D eigenvalue weighted by atomic mass is 10.0. The topological polar surface area (TPSA) is 41.1 Å². The Labute approximate surface area is 127 Å². The van der Waals surface area contributed by atoms with Crippen LogP contribution >= 0.6 is 15.9 Å². The van der Waals surface area contributed by atoms with Gasteiger partial charge >= 0.3 is 0 Å². The summed E-state index contributed by atoms with van der Waals surface area (Å²) in [5, 5.41) is 3.08. The second-order valence-electron chi connectivity index (χ2n) is 4.87. The number of fused-ring (bicyclic) bond motifs is 1. The molecule has 1 aliphatic heterocycles. The van der Waals surface area contributed by atoms with Crippen LogP contribution in [0.2, 0.25) is 0 Å². The van der Waals surface area contributed by atoms with Gasteiger partial charge in [-0.3, -0.25) is 0 Å². The van der Waals surface area contributed by atoms with Crippen molar-refractivity contribution in [1.29, 1.82) is 0 Å². The summed E-state index contributed by atoms with van der Waals surface area (Å²) in [5.41, 5.74) is 2.91. The number of halogens is 1. The number of hydrogen-bond donors (Lipinski definition) is 1. The van der Waals surface area contributed by atoms with Gasteiger partial charge in [0.2, 0.25) is 0 Å². The molecule has 104 valence electrons. The molecule has 0 unspecified atom stereocenters. The van der Waals surface area contributed by atoms with E-state index in [4.69, 9.17) is 0 Å². The Balaban J connectivity index is 1.87. The second-order valence-corrected chi connectivity index (χ2v) is 5.66. The minimum Gasteiger partial charge on any atom is -0.372 e. The van der Waals surface area contributed by atoms with Crippen molar-refractivity contribution in [3.05, 3.63) is 46.2 Å². The Hall–Kier alpha value is -1.62. The lowest BCUT2D eigenvalue weighted by Gasteiger charge is -2.23. The van der Waals surface area contributed by atoms with Crippen LogP contribution in [0, 0.1) is 0 Å². The van der Waals surface area contributed by atoms with Gasteiger partial charge in [-0.15, -0.1) is 0 Å². The fraction of sp³-hybridized carbons (Fsp3) is 0.333. The molecular weight excluding hydrogens is 316 g/mol. The van der Waals surface area contributed by atoms with Gasteiger partial charge in [-0.25, -0.2) is 9.97 Å². The van der Waals surface area contributed by atoms with Crippen molar-refractivity contribution in [2.45, 2.75) is 12.8 Å². The summed E-state index contributed by atoms with van der Waals surface area (Å²) in [7, 11) is 1.87. The van der Waals surface area contributed by atoms with Crippen LogP contribution in [0.1, 0.15) is 11.1 Å². The zero-order valence-corrected chi connectivity index (χ0v) is 13.0. The Morgan fingerprint density at radius 3 is 2.35 bits per heavy atom. The summed E-state index contributed by atoms with van der Waals surface area (Å²) in [6.07, 6.45) is 3.73. The Bertz CT molecular complexity index is 588. The van der Waals surface area contributed by atoms with Gasteiger partial charge in [0.05, 0.1) is 0 Å². The number of nitrogens with zero attached hydrogens (tertiary/aromatic N) is 3. The zero-order chi connectivity index (χ0) is 13.9. The van der Waals surface area contributed by atoms with Crippen molar-refractivity contribution in [3.8, 4) is 0 Å². The minimum absolute atomic E-state index is 0.830. The summed E-state index contributed by atoms with van der Waals surface area (Å²) >= 11 is 3.61. The van der Waals surface area contributed by atoms with Crippen molar-refractivity contribution in [2.24, 2.45) is 0 Å². The maximum absolute atomic E-state index is 4.44. The molecule has 3 rings (SSSR count). The van der Waals surface area contributed by atoms with Gasteiger partial charge in [-0.1, -0.05) is 24.3 Å². The third-order valence-electron chi connectivity index (χ3n) is 3.73. The quantitative estimate of drug-likeness (QED) is 0.918. The molecule has 1 N–H and O–H groups in total. The lowest BCUT2D eigenvalue weighted by Crippen LogP contribution is -2.27. The molecule has 0 bridgehead atoms. The molecule has 20 heavy (non-hydrogen) atoms. The maximum Gasteiger partial charge on any atom is 0.148 e. The van der Waals surface area contributed by atoms with Crippen LogP contribution in [0.5, 0.6) is 0 Å². The summed E-state index contributed by atoms with van der Waals surface area (Å²) in [5.74, 6) is 1.80. The largest absolute Gasteiger partial charge is 0.372 e. The number of benzene rings is 1. The molecule has 1 aromatic carbocycles. The molecule has 0 saturated carbocycles. The van der Waals surface area contributed by atoms with Gasteiger partial charge in [0.25, 0.3) is 0 Å². The predicted molar refractivity (Wildman–Crippen MR) is 85.3 cm³/mol. The monoisotopic (exact) mass is 332 g/mol. The van der Waals surface area contributed by atoms with Crippen molar-refractivity contribution < 1.29 is 0 Å². The lowest BCUT2D eigenvalue weighted by molar-refractivity contribution is 0.785. The second kappa shape index (κ2) is 5.79. The van der Waals surface area contributed by atoms with Crippen LogP contribution in [0.4, 0.5) is 11.6 Å². The third kappa shape index (κ3) is 2.50. The van der Waals surface area contributed by atoms with Crippen LogP contribution in [-0.2, 0) is 12.8 Å². The van der Waals surface area contributed by atoms with Gasteiger partial charge in [-0.2, -0.15) is 0 Å². The molecule has 4 nitrogen and oxygen atoms in total. The van der Waals surface area contributed by atoms with E-state index in [0.29, 0.717) is 0 Å².